The maximum atomic E-state index is 12.4. The molecule has 1 aliphatic carbocycles. The van der Waals surface area contributed by atoms with Crippen molar-refractivity contribution in [3.8, 4) is 11.5 Å². The van der Waals surface area contributed by atoms with E-state index in [4.69, 9.17) is 9.47 Å². The maximum Gasteiger partial charge on any atom is 0.344 e. The van der Waals surface area contributed by atoms with Crippen molar-refractivity contribution in [1.82, 2.24) is 0 Å². The van der Waals surface area contributed by atoms with Crippen LogP contribution in [0.5, 0.6) is 11.5 Å². The highest BCUT2D eigenvalue weighted by Gasteiger charge is 2.34. The molecule has 192 valence electrons. The highest BCUT2D eigenvalue weighted by atomic mass is 16.6. The fourth-order valence-electron chi connectivity index (χ4n) is 5.43. The minimum atomic E-state index is -0.431. The van der Waals surface area contributed by atoms with E-state index in [1.54, 1.807) is 12.1 Å². The number of esters is 1. The molecule has 3 rings (SSSR count). The lowest BCUT2D eigenvalue weighted by molar-refractivity contribution is -0.165. The lowest BCUT2D eigenvalue weighted by Gasteiger charge is -2.36. The van der Waals surface area contributed by atoms with Gasteiger partial charge in [0.1, 0.15) is 17.1 Å². The van der Waals surface area contributed by atoms with E-state index in [-0.39, 0.29) is 12.6 Å². The average molecular weight is 481 g/mol. The predicted molar refractivity (Wildman–Crippen MR) is 142 cm³/mol. The van der Waals surface area contributed by atoms with E-state index in [1.807, 2.05) is 38.1 Å². The second kappa shape index (κ2) is 13.0. The summed E-state index contributed by atoms with van der Waals surface area (Å²) in [5.41, 5.74) is 2.16. The second-order valence-electron chi connectivity index (χ2n) is 10.8. The van der Waals surface area contributed by atoms with Gasteiger partial charge >= 0.3 is 5.97 Å². The van der Waals surface area contributed by atoms with Gasteiger partial charge in [0.15, 0.2) is 6.61 Å². The first-order valence-electron chi connectivity index (χ1n) is 13.5. The van der Waals surface area contributed by atoms with Gasteiger partial charge in [0, 0.05) is 0 Å². The largest absolute Gasteiger partial charge is 0.508 e. The van der Waals surface area contributed by atoms with Crippen LogP contribution in [0.3, 0.4) is 0 Å². The Kier molecular flexibility index (Phi) is 10.1. The van der Waals surface area contributed by atoms with Crippen LogP contribution in [0.4, 0.5) is 0 Å². The number of benzene rings is 2. The molecule has 1 aliphatic rings. The van der Waals surface area contributed by atoms with Crippen LogP contribution in [0.2, 0.25) is 0 Å². The summed E-state index contributed by atoms with van der Waals surface area (Å²) in [6, 6.07) is 15.8. The van der Waals surface area contributed by atoms with Crippen LogP contribution in [0.1, 0.15) is 108 Å². The third-order valence-electron chi connectivity index (χ3n) is 7.82. The Morgan fingerprint density at radius 1 is 0.971 bits per heavy atom. The number of carbonyl (C=O) groups excluding carboxylic acids is 1. The molecule has 2 aromatic rings. The molecule has 1 fully saturated rings. The molecule has 35 heavy (non-hydrogen) atoms. The Balaban J connectivity index is 1.41. The van der Waals surface area contributed by atoms with Gasteiger partial charge in [-0.3, -0.25) is 0 Å². The van der Waals surface area contributed by atoms with Crippen LogP contribution in [0.25, 0.3) is 0 Å². The second-order valence-corrected chi connectivity index (χ2v) is 10.8. The molecule has 0 saturated heterocycles. The summed E-state index contributed by atoms with van der Waals surface area (Å²) in [6.07, 6.45) is 10.5. The first-order chi connectivity index (χ1) is 16.8. The van der Waals surface area contributed by atoms with Crippen LogP contribution in [-0.4, -0.2) is 23.3 Å². The van der Waals surface area contributed by atoms with Crippen molar-refractivity contribution in [2.45, 2.75) is 103 Å². The quantitative estimate of drug-likeness (QED) is 0.311. The van der Waals surface area contributed by atoms with Crippen LogP contribution >= 0.6 is 0 Å². The van der Waals surface area contributed by atoms with Gasteiger partial charge in [-0.25, -0.2) is 4.79 Å². The standard InChI is InChI=1S/C31H44O4/c1-5-24(26-14-18-28(32)19-15-26)11-9-10-23(2)25-16-20-29(21-17-25)34-22-30(33)35-31(3,4)27-12-7-6-8-13-27/h14-21,23-24,27,32H,5-13,22H2,1-4H3. The number of ether oxygens (including phenoxy) is 2. The van der Waals surface area contributed by atoms with Crippen LogP contribution in [0.15, 0.2) is 48.5 Å². The molecule has 0 heterocycles. The topological polar surface area (TPSA) is 55.8 Å². The Morgan fingerprint density at radius 2 is 1.60 bits per heavy atom. The van der Waals surface area contributed by atoms with Crippen molar-refractivity contribution >= 4 is 5.97 Å². The Morgan fingerprint density at radius 3 is 2.23 bits per heavy atom. The molecular weight excluding hydrogens is 436 g/mol. The molecule has 0 aromatic heterocycles. The minimum Gasteiger partial charge on any atom is -0.508 e. The van der Waals surface area contributed by atoms with Gasteiger partial charge in [-0.1, -0.05) is 63.8 Å². The highest BCUT2D eigenvalue weighted by Crippen LogP contribution is 2.35. The van der Waals surface area contributed by atoms with Gasteiger partial charge in [0.2, 0.25) is 0 Å². The minimum absolute atomic E-state index is 0.0548. The number of hydrogen-bond acceptors (Lipinski definition) is 4. The Hall–Kier alpha value is -2.49. The van der Waals surface area contributed by atoms with Crippen LogP contribution < -0.4 is 4.74 Å². The maximum absolute atomic E-state index is 12.4. The van der Waals surface area contributed by atoms with Crippen LogP contribution in [0, 0.1) is 5.92 Å². The molecule has 0 aliphatic heterocycles. The van der Waals surface area contributed by atoms with Crippen LogP contribution in [-0.2, 0) is 9.53 Å². The Labute approximate surface area is 212 Å². The first kappa shape index (κ1) is 27.1. The third-order valence-corrected chi connectivity index (χ3v) is 7.82. The van der Waals surface area contributed by atoms with Crippen molar-refractivity contribution in [2.24, 2.45) is 5.92 Å². The number of phenolic OH excluding ortho intramolecular Hbond substituents is 1. The molecule has 1 saturated carbocycles. The van der Waals surface area contributed by atoms with Gasteiger partial charge in [-0.2, -0.15) is 0 Å². The van der Waals surface area contributed by atoms with E-state index < -0.39 is 5.60 Å². The summed E-state index contributed by atoms with van der Waals surface area (Å²) in [4.78, 5) is 12.4. The number of aromatic hydroxyl groups is 1. The van der Waals surface area contributed by atoms with Crippen molar-refractivity contribution in [2.75, 3.05) is 6.61 Å². The summed E-state index contributed by atoms with van der Waals surface area (Å²) in [5, 5.41) is 9.53. The average Bonchev–Trinajstić information content (AvgIpc) is 2.86. The molecule has 1 N–H and O–H groups in total. The normalized spacial score (nSPS) is 16.5. The van der Waals surface area contributed by atoms with E-state index in [1.165, 1.54) is 30.4 Å². The van der Waals surface area contributed by atoms with Gasteiger partial charge in [-0.05, 0) is 99.1 Å². The zero-order valence-electron chi connectivity index (χ0n) is 22.1. The Bertz CT molecular complexity index is 895. The monoisotopic (exact) mass is 480 g/mol. The van der Waals surface area contributed by atoms with E-state index in [9.17, 15) is 9.90 Å². The summed E-state index contributed by atoms with van der Waals surface area (Å²) >= 11 is 0. The molecule has 2 atom stereocenters. The van der Waals surface area contributed by atoms with Gasteiger partial charge in [-0.15, -0.1) is 0 Å². The molecule has 4 heteroatoms. The van der Waals surface area contributed by atoms with E-state index in [0.29, 0.717) is 29.3 Å². The summed E-state index contributed by atoms with van der Waals surface area (Å²) in [6.45, 7) is 8.50. The van der Waals surface area contributed by atoms with Gasteiger partial charge in [0.25, 0.3) is 0 Å². The zero-order valence-corrected chi connectivity index (χ0v) is 22.1. The van der Waals surface area contributed by atoms with Crippen molar-refractivity contribution < 1.29 is 19.4 Å². The number of rotatable bonds is 12. The molecule has 2 unspecified atom stereocenters. The summed E-state index contributed by atoms with van der Waals surface area (Å²) in [7, 11) is 0. The van der Waals surface area contributed by atoms with E-state index in [0.717, 1.165) is 38.5 Å². The number of hydrogen-bond donors (Lipinski definition) is 1. The lowest BCUT2D eigenvalue weighted by atomic mass is 9.79. The van der Waals surface area contributed by atoms with Crippen molar-refractivity contribution in [3.05, 3.63) is 59.7 Å². The number of carbonyl (C=O) groups is 1. The zero-order chi connectivity index (χ0) is 25.3. The van der Waals surface area contributed by atoms with E-state index >= 15 is 0 Å². The lowest BCUT2D eigenvalue weighted by Crippen LogP contribution is -2.39. The summed E-state index contributed by atoms with van der Waals surface area (Å²) < 4.78 is 11.5. The third kappa shape index (κ3) is 8.30. The molecule has 0 bridgehead atoms. The molecule has 0 spiro atoms. The predicted octanol–water partition coefficient (Wildman–Crippen LogP) is 8.14. The highest BCUT2D eigenvalue weighted by molar-refractivity contribution is 5.71. The van der Waals surface area contributed by atoms with Crippen molar-refractivity contribution in [3.63, 3.8) is 0 Å². The SMILES string of the molecule is CCC(CCCC(C)c1ccc(OCC(=O)OC(C)(C)C2CCCCC2)cc1)c1ccc(O)cc1. The van der Waals surface area contributed by atoms with E-state index in [2.05, 4.69) is 26.0 Å². The van der Waals surface area contributed by atoms with Gasteiger partial charge < -0.3 is 14.6 Å². The fourth-order valence-corrected chi connectivity index (χ4v) is 5.43. The molecular formula is C31H44O4. The molecule has 4 nitrogen and oxygen atoms in total. The smallest absolute Gasteiger partial charge is 0.344 e. The fraction of sp³-hybridized carbons (Fsp3) is 0.581. The van der Waals surface area contributed by atoms with Gasteiger partial charge in [0.05, 0.1) is 0 Å². The molecule has 2 aromatic carbocycles. The molecule has 0 radical (unpaired) electrons. The molecule has 0 amide bonds. The first-order valence-corrected chi connectivity index (χ1v) is 13.5. The van der Waals surface area contributed by atoms with Crippen molar-refractivity contribution in [1.29, 1.82) is 0 Å². The number of phenols is 1. The summed E-state index contributed by atoms with van der Waals surface area (Å²) in [5.74, 6) is 2.16.